The van der Waals surface area contributed by atoms with Gasteiger partial charge in [-0.15, -0.1) is 0 Å². The summed E-state index contributed by atoms with van der Waals surface area (Å²) in [7, 11) is 1.85. The van der Waals surface area contributed by atoms with E-state index in [1.807, 2.05) is 14.0 Å². The third-order valence-corrected chi connectivity index (χ3v) is 2.71. The number of hydrogen-bond acceptors (Lipinski definition) is 1. The van der Waals surface area contributed by atoms with E-state index in [-0.39, 0.29) is 9.33 Å². The van der Waals surface area contributed by atoms with Crippen molar-refractivity contribution in [3.63, 3.8) is 0 Å². The van der Waals surface area contributed by atoms with Crippen molar-refractivity contribution in [1.82, 2.24) is 4.90 Å². The first kappa shape index (κ1) is 7.31. The lowest BCUT2D eigenvalue weighted by Crippen LogP contribution is -2.29. The SMILES string of the molecule is CN1CCC(C)(I)C1=O. The molecule has 1 aliphatic rings. The molecule has 1 aliphatic heterocycles. The number of carbonyl (C=O) groups excluding carboxylic acids is 1. The average molecular weight is 239 g/mol. The second kappa shape index (κ2) is 2.11. The Labute approximate surface area is 68.7 Å². The second-order valence-corrected chi connectivity index (χ2v) is 5.06. The van der Waals surface area contributed by atoms with Crippen molar-refractivity contribution in [3.8, 4) is 0 Å². The van der Waals surface area contributed by atoms with Gasteiger partial charge in [0.15, 0.2) is 0 Å². The fraction of sp³-hybridized carbons (Fsp3) is 0.833. The molecule has 1 saturated heterocycles. The molecule has 0 aliphatic carbocycles. The molecule has 0 aromatic rings. The van der Waals surface area contributed by atoms with Crippen molar-refractivity contribution < 1.29 is 4.79 Å². The molecule has 3 heteroatoms. The molecule has 0 aromatic carbocycles. The Hall–Kier alpha value is 0.200. The molecule has 0 aromatic heterocycles. The van der Waals surface area contributed by atoms with Gasteiger partial charge in [-0.2, -0.15) is 0 Å². The number of rotatable bonds is 0. The van der Waals surface area contributed by atoms with Crippen molar-refractivity contribution in [2.45, 2.75) is 16.8 Å². The molecule has 0 spiro atoms. The van der Waals surface area contributed by atoms with Gasteiger partial charge in [-0.3, -0.25) is 4.79 Å². The highest BCUT2D eigenvalue weighted by molar-refractivity contribution is 14.1. The van der Waals surface area contributed by atoms with Crippen LogP contribution in [-0.4, -0.2) is 27.8 Å². The Morgan fingerprint density at radius 2 is 2.33 bits per heavy atom. The third kappa shape index (κ3) is 1.20. The van der Waals surface area contributed by atoms with Crippen LogP contribution in [0.15, 0.2) is 0 Å². The highest BCUT2D eigenvalue weighted by atomic mass is 127. The first-order chi connectivity index (χ1) is 4.04. The number of hydrogen-bond donors (Lipinski definition) is 0. The fourth-order valence-electron chi connectivity index (χ4n) is 0.984. The van der Waals surface area contributed by atoms with Gasteiger partial charge in [-0.05, 0) is 13.3 Å². The van der Waals surface area contributed by atoms with Crippen LogP contribution >= 0.6 is 22.6 Å². The molecular formula is C6H10INO. The molecule has 1 rings (SSSR count). The number of alkyl halides is 1. The fourth-order valence-corrected chi connectivity index (χ4v) is 1.64. The van der Waals surface area contributed by atoms with Crippen LogP contribution in [0.1, 0.15) is 13.3 Å². The summed E-state index contributed by atoms with van der Waals surface area (Å²) in [4.78, 5) is 12.9. The van der Waals surface area contributed by atoms with Crippen LogP contribution < -0.4 is 0 Å². The topological polar surface area (TPSA) is 20.3 Å². The van der Waals surface area contributed by atoms with E-state index in [0.29, 0.717) is 0 Å². The minimum Gasteiger partial charge on any atom is -0.345 e. The Morgan fingerprint density at radius 1 is 1.78 bits per heavy atom. The number of halogens is 1. The minimum atomic E-state index is -0.119. The van der Waals surface area contributed by atoms with E-state index in [1.165, 1.54) is 0 Å². The molecule has 1 unspecified atom stereocenters. The van der Waals surface area contributed by atoms with Crippen LogP contribution in [0.3, 0.4) is 0 Å². The van der Waals surface area contributed by atoms with Gasteiger partial charge in [-0.1, -0.05) is 22.6 Å². The van der Waals surface area contributed by atoms with E-state index in [4.69, 9.17) is 0 Å². The number of nitrogens with zero attached hydrogens (tertiary/aromatic N) is 1. The van der Waals surface area contributed by atoms with Gasteiger partial charge in [0.25, 0.3) is 0 Å². The summed E-state index contributed by atoms with van der Waals surface area (Å²) >= 11 is 2.22. The lowest BCUT2D eigenvalue weighted by Gasteiger charge is -2.12. The van der Waals surface area contributed by atoms with Gasteiger partial charge in [0, 0.05) is 13.6 Å². The minimum absolute atomic E-state index is 0.119. The molecule has 0 radical (unpaired) electrons. The van der Waals surface area contributed by atoms with E-state index < -0.39 is 0 Å². The van der Waals surface area contributed by atoms with Crippen LogP contribution in [0.5, 0.6) is 0 Å². The highest BCUT2D eigenvalue weighted by Crippen LogP contribution is 2.30. The van der Waals surface area contributed by atoms with Crippen molar-refractivity contribution in [2.24, 2.45) is 0 Å². The molecule has 0 bridgehead atoms. The summed E-state index contributed by atoms with van der Waals surface area (Å²) < 4.78 is -0.119. The standard InChI is InChI=1S/C6H10INO/c1-6(7)3-4-8(2)5(6)9/h3-4H2,1-2H3. The van der Waals surface area contributed by atoms with E-state index in [2.05, 4.69) is 22.6 Å². The Kier molecular flexibility index (Phi) is 1.71. The van der Waals surface area contributed by atoms with Crippen molar-refractivity contribution >= 4 is 28.5 Å². The molecule has 2 nitrogen and oxygen atoms in total. The zero-order valence-electron chi connectivity index (χ0n) is 5.65. The first-order valence-electron chi connectivity index (χ1n) is 2.98. The van der Waals surface area contributed by atoms with Crippen LogP contribution in [0, 0.1) is 0 Å². The van der Waals surface area contributed by atoms with E-state index in [0.717, 1.165) is 13.0 Å². The molecule has 0 N–H and O–H groups in total. The lowest BCUT2D eigenvalue weighted by molar-refractivity contribution is -0.127. The third-order valence-electron chi connectivity index (χ3n) is 1.71. The molecule has 1 atom stereocenters. The van der Waals surface area contributed by atoms with Gasteiger partial charge in [0.1, 0.15) is 0 Å². The number of amides is 1. The predicted molar refractivity (Wildman–Crippen MR) is 44.7 cm³/mol. The maximum atomic E-state index is 11.1. The summed E-state index contributed by atoms with van der Waals surface area (Å²) in [6, 6.07) is 0. The second-order valence-electron chi connectivity index (χ2n) is 2.67. The van der Waals surface area contributed by atoms with Crippen LogP contribution in [0.25, 0.3) is 0 Å². The van der Waals surface area contributed by atoms with Crippen LogP contribution in [-0.2, 0) is 4.79 Å². The van der Waals surface area contributed by atoms with Crippen LogP contribution in [0.4, 0.5) is 0 Å². The predicted octanol–water partition coefficient (Wildman–Crippen LogP) is 1.04. The Morgan fingerprint density at radius 3 is 2.44 bits per heavy atom. The summed E-state index contributed by atoms with van der Waals surface area (Å²) in [6.45, 7) is 2.90. The average Bonchev–Trinajstić information content (AvgIpc) is 1.97. The zero-order chi connectivity index (χ0) is 7.07. The smallest absolute Gasteiger partial charge is 0.238 e. The van der Waals surface area contributed by atoms with Crippen molar-refractivity contribution in [3.05, 3.63) is 0 Å². The molecule has 1 heterocycles. The number of likely N-dealkylation sites (tertiary alicyclic amines) is 1. The first-order valence-corrected chi connectivity index (χ1v) is 4.06. The largest absolute Gasteiger partial charge is 0.345 e. The maximum absolute atomic E-state index is 11.1. The van der Waals surface area contributed by atoms with Crippen LogP contribution in [0.2, 0.25) is 0 Å². The molecule has 1 amide bonds. The van der Waals surface area contributed by atoms with Gasteiger partial charge in [-0.25, -0.2) is 0 Å². The summed E-state index contributed by atoms with van der Waals surface area (Å²) in [5, 5.41) is 0. The van der Waals surface area contributed by atoms with Gasteiger partial charge in [0.2, 0.25) is 5.91 Å². The van der Waals surface area contributed by atoms with Gasteiger partial charge in [0.05, 0.1) is 3.42 Å². The van der Waals surface area contributed by atoms with E-state index in [1.54, 1.807) is 4.90 Å². The molecule has 0 saturated carbocycles. The highest BCUT2D eigenvalue weighted by Gasteiger charge is 2.38. The summed E-state index contributed by atoms with van der Waals surface area (Å²) in [5.74, 6) is 0.267. The summed E-state index contributed by atoms with van der Waals surface area (Å²) in [5.41, 5.74) is 0. The Balaban J connectivity index is 2.74. The van der Waals surface area contributed by atoms with Crippen molar-refractivity contribution in [2.75, 3.05) is 13.6 Å². The quantitative estimate of drug-likeness (QED) is 0.457. The van der Waals surface area contributed by atoms with Gasteiger partial charge >= 0.3 is 0 Å². The molecule has 1 fully saturated rings. The van der Waals surface area contributed by atoms with Crippen molar-refractivity contribution in [1.29, 1.82) is 0 Å². The molecule has 52 valence electrons. The Bertz CT molecular complexity index is 144. The summed E-state index contributed by atoms with van der Waals surface area (Å²) in [6.07, 6.45) is 0.989. The van der Waals surface area contributed by atoms with Gasteiger partial charge < -0.3 is 4.90 Å². The normalized spacial score (nSPS) is 35.9. The van der Waals surface area contributed by atoms with E-state index >= 15 is 0 Å². The molecule has 9 heavy (non-hydrogen) atoms. The van der Waals surface area contributed by atoms with E-state index in [9.17, 15) is 4.79 Å². The lowest BCUT2D eigenvalue weighted by atomic mass is 10.1. The molecular weight excluding hydrogens is 229 g/mol. The monoisotopic (exact) mass is 239 g/mol. The maximum Gasteiger partial charge on any atom is 0.238 e. The number of carbonyl (C=O) groups is 1. The zero-order valence-corrected chi connectivity index (χ0v) is 7.81.